The van der Waals surface area contributed by atoms with E-state index < -0.39 is 6.17 Å². The Kier molecular flexibility index (Phi) is 7.04. The standard InChI is InChI=1S/C9H17FN2.2ClH/c10-8-7-11-4-3-9(8)12-5-1-2-6-12;;/h8-9,11H,1-7H2;2*1H/t8-,9-;;/m1../s1. The Morgan fingerprint density at radius 2 is 1.79 bits per heavy atom. The van der Waals surface area contributed by atoms with E-state index in [9.17, 15) is 4.39 Å². The van der Waals surface area contributed by atoms with Crippen molar-refractivity contribution in [2.75, 3.05) is 26.2 Å². The van der Waals surface area contributed by atoms with Gasteiger partial charge < -0.3 is 5.32 Å². The number of likely N-dealkylation sites (tertiary alicyclic amines) is 1. The first kappa shape index (κ1) is 14.4. The van der Waals surface area contributed by atoms with Crippen molar-refractivity contribution in [3.63, 3.8) is 0 Å². The van der Waals surface area contributed by atoms with E-state index in [2.05, 4.69) is 10.2 Å². The predicted molar refractivity (Wildman–Crippen MR) is 61.5 cm³/mol. The van der Waals surface area contributed by atoms with E-state index in [1.165, 1.54) is 12.8 Å². The van der Waals surface area contributed by atoms with Gasteiger partial charge in [-0.3, -0.25) is 4.90 Å². The molecule has 2 fully saturated rings. The number of rotatable bonds is 1. The van der Waals surface area contributed by atoms with Gasteiger partial charge in [-0.25, -0.2) is 4.39 Å². The van der Waals surface area contributed by atoms with E-state index >= 15 is 0 Å². The lowest BCUT2D eigenvalue weighted by molar-refractivity contribution is 0.104. The highest BCUT2D eigenvalue weighted by atomic mass is 35.5. The number of hydrogen-bond acceptors (Lipinski definition) is 2. The first-order valence-electron chi connectivity index (χ1n) is 4.97. The SMILES string of the molecule is Cl.Cl.F[C@@H]1CNCC[C@H]1N1CCCC1. The molecule has 5 heteroatoms. The minimum atomic E-state index is -0.642. The van der Waals surface area contributed by atoms with Crippen LogP contribution >= 0.6 is 24.8 Å². The summed E-state index contributed by atoms with van der Waals surface area (Å²) in [6.45, 7) is 3.78. The zero-order valence-electron chi connectivity index (χ0n) is 8.25. The van der Waals surface area contributed by atoms with Crippen molar-refractivity contribution in [3.05, 3.63) is 0 Å². The van der Waals surface area contributed by atoms with Crippen LogP contribution in [0, 0.1) is 0 Å². The fourth-order valence-electron chi connectivity index (χ4n) is 2.29. The second-order valence-electron chi connectivity index (χ2n) is 3.82. The van der Waals surface area contributed by atoms with Crippen molar-refractivity contribution in [1.82, 2.24) is 10.2 Å². The topological polar surface area (TPSA) is 15.3 Å². The van der Waals surface area contributed by atoms with Crippen molar-refractivity contribution in [2.45, 2.75) is 31.5 Å². The van der Waals surface area contributed by atoms with Gasteiger partial charge in [0.1, 0.15) is 6.17 Å². The molecule has 0 unspecified atom stereocenters. The molecule has 2 nitrogen and oxygen atoms in total. The molecule has 2 saturated heterocycles. The van der Waals surface area contributed by atoms with Crippen molar-refractivity contribution < 1.29 is 4.39 Å². The average molecular weight is 245 g/mol. The molecule has 2 heterocycles. The Balaban J connectivity index is 0.000000845. The number of nitrogens with zero attached hydrogens (tertiary/aromatic N) is 1. The van der Waals surface area contributed by atoms with E-state index in [0.717, 1.165) is 26.1 Å². The molecule has 0 amide bonds. The van der Waals surface area contributed by atoms with E-state index in [1.54, 1.807) is 0 Å². The lowest BCUT2D eigenvalue weighted by Gasteiger charge is -2.33. The first-order valence-corrected chi connectivity index (χ1v) is 4.97. The predicted octanol–water partition coefficient (Wildman–Crippen LogP) is 1.63. The second kappa shape index (κ2) is 6.83. The molecule has 2 aliphatic heterocycles. The summed E-state index contributed by atoms with van der Waals surface area (Å²) in [5, 5.41) is 3.09. The molecule has 0 saturated carbocycles. The van der Waals surface area contributed by atoms with E-state index in [0.29, 0.717) is 6.54 Å². The molecule has 0 spiro atoms. The average Bonchev–Trinajstić information content (AvgIpc) is 2.57. The van der Waals surface area contributed by atoms with Gasteiger partial charge >= 0.3 is 0 Å². The van der Waals surface area contributed by atoms with Crippen LogP contribution in [0.2, 0.25) is 0 Å². The van der Waals surface area contributed by atoms with Crippen LogP contribution < -0.4 is 5.32 Å². The summed E-state index contributed by atoms with van der Waals surface area (Å²) in [6.07, 6.45) is 2.87. The third-order valence-electron chi connectivity index (χ3n) is 2.98. The number of halogens is 3. The Bertz CT molecular complexity index is 154. The fourth-order valence-corrected chi connectivity index (χ4v) is 2.29. The Morgan fingerprint density at radius 3 is 2.36 bits per heavy atom. The third kappa shape index (κ3) is 3.23. The van der Waals surface area contributed by atoms with Crippen LogP contribution in [0.1, 0.15) is 19.3 Å². The molecule has 14 heavy (non-hydrogen) atoms. The van der Waals surface area contributed by atoms with Crippen LogP contribution in [0.25, 0.3) is 0 Å². The van der Waals surface area contributed by atoms with Crippen molar-refractivity contribution >= 4 is 24.8 Å². The van der Waals surface area contributed by atoms with Crippen LogP contribution in [-0.4, -0.2) is 43.3 Å². The van der Waals surface area contributed by atoms with Crippen LogP contribution in [0.15, 0.2) is 0 Å². The molecule has 0 aromatic rings. The molecule has 2 aliphatic rings. The number of nitrogens with one attached hydrogen (secondary N) is 1. The molecule has 1 N–H and O–H groups in total. The van der Waals surface area contributed by atoms with Crippen LogP contribution in [0.4, 0.5) is 4.39 Å². The minimum absolute atomic E-state index is 0. The zero-order valence-corrected chi connectivity index (χ0v) is 9.88. The summed E-state index contributed by atoms with van der Waals surface area (Å²) in [4.78, 5) is 2.32. The molecule has 0 bridgehead atoms. The van der Waals surface area contributed by atoms with Crippen molar-refractivity contribution in [3.8, 4) is 0 Å². The lowest BCUT2D eigenvalue weighted by Crippen LogP contribution is -2.50. The maximum atomic E-state index is 13.4. The van der Waals surface area contributed by atoms with Gasteiger partial charge in [-0.2, -0.15) is 0 Å². The van der Waals surface area contributed by atoms with Gasteiger partial charge in [0, 0.05) is 12.6 Å². The first-order chi connectivity index (χ1) is 5.88. The Labute approximate surface area is 97.4 Å². The summed E-state index contributed by atoms with van der Waals surface area (Å²) < 4.78 is 13.4. The largest absolute Gasteiger partial charge is 0.314 e. The van der Waals surface area contributed by atoms with Gasteiger partial charge in [0.05, 0.1) is 0 Å². The third-order valence-corrected chi connectivity index (χ3v) is 2.98. The normalized spacial score (nSPS) is 33.2. The summed E-state index contributed by atoms with van der Waals surface area (Å²) in [6, 6.07) is 0.216. The molecule has 86 valence electrons. The molecular formula is C9H19Cl2FN2. The highest BCUT2D eigenvalue weighted by molar-refractivity contribution is 5.85. The van der Waals surface area contributed by atoms with E-state index in [1.807, 2.05) is 0 Å². The minimum Gasteiger partial charge on any atom is -0.314 e. The number of piperidine rings is 1. The molecule has 2 rings (SSSR count). The molecule has 0 aromatic heterocycles. The Morgan fingerprint density at radius 1 is 1.14 bits per heavy atom. The molecule has 0 aromatic carbocycles. The number of hydrogen-bond donors (Lipinski definition) is 1. The summed E-state index contributed by atoms with van der Waals surface area (Å²) >= 11 is 0. The van der Waals surface area contributed by atoms with Gasteiger partial charge in [-0.1, -0.05) is 0 Å². The summed E-state index contributed by atoms with van der Waals surface area (Å²) in [5.41, 5.74) is 0. The van der Waals surface area contributed by atoms with E-state index in [-0.39, 0.29) is 30.9 Å². The van der Waals surface area contributed by atoms with Crippen LogP contribution in [0.3, 0.4) is 0 Å². The maximum absolute atomic E-state index is 13.4. The van der Waals surface area contributed by atoms with Crippen LogP contribution in [-0.2, 0) is 0 Å². The van der Waals surface area contributed by atoms with E-state index in [4.69, 9.17) is 0 Å². The molecule has 2 atom stereocenters. The number of alkyl halides is 1. The van der Waals surface area contributed by atoms with Crippen LogP contribution in [0.5, 0.6) is 0 Å². The summed E-state index contributed by atoms with van der Waals surface area (Å²) in [7, 11) is 0. The van der Waals surface area contributed by atoms with Crippen molar-refractivity contribution in [2.24, 2.45) is 0 Å². The quantitative estimate of drug-likeness (QED) is 0.755. The highest BCUT2D eigenvalue weighted by Gasteiger charge is 2.31. The molecule has 0 radical (unpaired) electrons. The highest BCUT2D eigenvalue weighted by Crippen LogP contribution is 2.20. The van der Waals surface area contributed by atoms with Gasteiger partial charge in [0.25, 0.3) is 0 Å². The van der Waals surface area contributed by atoms with Gasteiger partial charge in [0.2, 0.25) is 0 Å². The molecular weight excluding hydrogens is 226 g/mol. The maximum Gasteiger partial charge on any atom is 0.128 e. The molecule has 0 aliphatic carbocycles. The Hall–Kier alpha value is 0.430. The van der Waals surface area contributed by atoms with Gasteiger partial charge in [-0.15, -0.1) is 24.8 Å². The smallest absolute Gasteiger partial charge is 0.128 e. The zero-order chi connectivity index (χ0) is 8.39. The van der Waals surface area contributed by atoms with Gasteiger partial charge in [-0.05, 0) is 38.9 Å². The van der Waals surface area contributed by atoms with Crippen molar-refractivity contribution in [1.29, 1.82) is 0 Å². The van der Waals surface area contributed by atoms with Gasteiger partial charge in [0.15, 0.2) is 0 Å². The lowest BCUT2D eigenvalue weighted by atomic mass is 10.0. The fraction of sp³-hybridized carbons (Fsp3) is 1.00. The monoisotopic (exact) mass is 244 g/mol. The second-order valence-corrected chi connectivity index (χ2v) is 3.82. The summed E-state index contributed by atoms with van der Waals surface area (Å²) in [5.74, 6) is 0.